The van der Waals surface area contributed by atoms with E-state index >= 15 is 0 Å². The number of para-hydroxylation sites is 1. The molecule has 0 amide bonds. The van der Waals surface area contributed by atoms with Gasteiger partial charge < -0.3 is 0 Å². The number of hydrogen-bond donors (Lipinski definition) is 0. The van der Waals surface area contributed by atoms with Crippen LogP contribution < -0.4 is 0 Å². The van der Waals surface area contributed by atoms with Crippen molar-refractivity contribution in [3.05, 3.63) is 29.8 Å². The van der Waals surface area contributed by atoms with Gasteiger partial charge in [-0.1, -0.05) is 0 Å². The van der Waals surface area contributed by atoms with Crippen LogP contribution in [0.3, 0.4) is 0 Å². The van der Waals surface area contributed by atoms with Crippen molar-refractivity contribution in [2.24, 2.45) is 4.99 Å². The van der Waals surface area contributed by atoms with E-state index in [1.54, 1.807) is 0 Å². The molecule has 0 atom stereocenters. The molecule has 0 saturated heterocycles. The Balaban J connectivity index is 3.17. The molecule has 0 fully saturated rings. The molecular formula is C10H11NW. The summed E-state index contributed by atoms with van der Waals surface area (Å²) >= 11 is 1.50. The molecule has 0 heterocycles. The van der Waals surface area contributed by atoms with Gasteiger partial charge in [-0.05, 0) is 0 Å². The van der Waals surface area contributed by atoms with Gasteiger partial charge >= 0.3 is 83.8 Å². The van der Waals surface area contributed by atoms with E-state index in [1.807, 2.05) is 25.3 Å². The van der Waals surface area contributed by atoms with E-state index in [0.29, 0.717) is 0 Å². The van der Waals surface area contributed by atoms with E-state index in [-0.39, 0.29) is 0 Å². The van der Waals surface area contributed by atoms with Crippen molar-refractivity contribution in [3.8, 4) is 0 Å². The maximum absolute atomic E-state index is 4.30. The fourth-order valence-electron chi connectivity index (χ4n) is 1.02. The van der Waals surface area contributed by atoms with E-state index in [4.69, 9.17) is 0 Å². The van der Waals surface area contributed by atoms with Gasteiger partial charge in [-0.2, -0.15) is 0 Å². The third-order valence-electron chi connectivity index (χ3n) is 1.55. The zero-order valence-corrected chi connectivity index (χ0v) is 10.2. The second kappa shape index (κ2) is 4.47. The van der Waals surface area contributed by atoms with Crippen LogP contribution in [-0.2, 0) is 19.4 Å². The summed E-state index contributed by atoms with van der Waals surface area (Å²) in [6.07, 6.45) is 1.83. The van der Waals surface area contributed by atoms with Crippen LogP contribution in [0.25, 0.3) is 0 Å². The molecule has 2 heteroatoms. The third kappa shape index (κ3) is 2.22. The second-order valence-corrected chi connectivity index (χ2v) is 4.66. The molecule has 0 aliphatic carbocycles. The monoisotopic (exact) mass is 329 g/mol. The summed E-state index contributed by atoms with van der Waals surface area (Å²) in [6.45, 7) is 4.08. The SMILES string of the molecule is CC=Nc1ccccc1[C](C)=[W]. The molecule has 0 bridgehead atoms. The van der Waals surface area contributed by atoms with Gasteiger partial charge in [0.2, 0.25) is 0 Å². The average Bonchev–Trinajstić information content (AvgIpc) is 2.05. The van der Waals surface area contributed by atoms with Crippen LogP contribution in [0.5, 0.6) is 0 Å². The standard InChI is InChI=1S/C10H11N.W/c1-3-9-7-5-6-8-10(9)11-4-2;/h4-8H,1-2H3;. The fourth-order valence-corrected chi connectivity index (χ4v) is 1.64. The molecule has 0 aliphatic rings. The van der Waals surface area contributed by atoms with Gasteiger partial charge in [-0.3, -0.25) is 0 Å². The van der Waals surface area contributed by atoms with Crippen molar-refractivity contribution in [1.29, 1.82) is 0 Å². The molecule has 12 heavy (non-hydrogen) atoms. The quantitative estimate of drug-likeness (QED) is 0.740. The first kappa shape index (κ1) is 9.54. The first-order valence-corrected chi connectivity index (χ1v) is 5.31. The molecule has 0 spiro atoms. The van der Waals surface area contributed by atoms with Crippen LogP contribution >= 0.6 is 0 Å². The summed E-state index contributed by atoms with van der Waals surface area (Å²) in [4.78, 5) is 4.30. The Morgan fingerprint density at radius 2 is 2.08 bits per heavy atom. The van der Waals surface area contributed by atoms with Crippen molar-refractivity contribution in [3.63, 3.8) is 0 Å². The van der Waals surface area contributed by atoms with Crippen molar-refractivity contribution in [2.45, 2.75) is 13.8 Å². The van der Waals surface area contributed by atoms with E-state index in [2.05, 4.69) is 24.0 Å². The Hall–Kier alpha value is -0.552. The normalized spacial score (nSPS) is 10.5. The van der Waals surface area contributed by atoms with Gasteiger partial charge in [0, 0.05) is 0 Å². The number of benzene rings is 1. The van der Waals surface area contributed by atoms with Gasteiger partial charge in [-0.15, -0.1) is 0 Å². The van der Waals surface area contributed by atoms with Crippen molar-refractivity contribution in [1.82, 2.24) is 0 Å². The number of nitrogens with zero attached hydrogens (tertiary/aromatic N) is 1. The van der Waals surface area contributed by atoms with Gasteiger partial charge in [0.25, 0.3) is 0 Å². The topological polar surface area (TPSA) is 12.4 Å². The molecule has 1 aromatic rings. The van der Waals surface area contributed by atoms with Crippen LogP contribution in [0.1, 0.15) is 19.4 Å². The predicted molar refractivity (Wildman–Crippen MR) is 50.1 cm³/mol. The molecule has 62 valence electrons. The number of hydrogen-bond acceptors (Lipinski definition) is 1. The van der Waals surface area contributed by atoms with Crippen molar-refractivity contribution in [2.75, 3.05) is 0 Å². The van der Waals surface area contributed by atoms with E-state index in [1.165, 1.54) is 28.8 Å². The molecule has 1 aromatic carbocycles. The minimum absolute atomic E-state index is 1.08. The molecule has 0 aliphatic heterocycles. The van der Waals surface area contributed by atoms with Gasteiger partial charge in [-0.25, -0.2) is 0 Å². The molecule has 0 saturated carbocycles. The maximum atomic E-state index is 4.30. The summed E-state index contributed by atoms with van der Waals surface area (Å²) in [5.41, 5.74) is 2.35. The number of rotatable bonds is 2. The van der Waals surface area contributed by atoms with Gasteiger partial charge in [0.1, 0.15) is 0 Å². The zero-order chi connectivity index (χ0) is 8.97. The summed E-state index contributed by atoms with van der Waals surface area (Å²) in [5, 5.41) is 0. The van der Waals surface area contributed by atoms with Crippen LogP contribution in [0.2, 0.25) is 0 Å². The predicted octanol–water partition coefficient (Wildman–Crippen LogP) is 2.50. The Bertz CT molecular complexity index is 315. The molecule has 0 unspecified atom stereocenters. The van der Waals surface area contributed by atoms with Crippen LogP contribution in [0.15, 0.2) is 29.3 Å². The first-order chi connectivity index (χ1) is 5.75. The average molecular weight is 329 g/mol. The van der Waals surface area contributed by atoms with Gasteiger partial charge in [0.15, 0.2) is 0 Å². The molecular weight excluding hydrogens is 318 g/mol. The Labute approximate surface area is 83.9 Å². The van der Waals surface area contributed by atoms with Gasteiger partial charge in [0.05, 0.1) is 0 Å². The Kier molecular flexibility index (Phi) is 3.55. The van der Waals surface area contributed by atoms with Crippen molar-refractivity contribution >= 4 is 15.8 Å². The third-order valence-corrected chi connectivity index (χ3v) is 2.34. The summed E-state index contributed by atoms with van der Waals surface area (Å²) in [7, 11) is 0. The molecule has 1 rings (SSSR count). The Morgan fingerprint density at radius 3 is 2.67 bits per heavy atom. The Morgan fingerprint density at radius 1 is 1.42 bits per heavy atom. The van der Waals surface area contributed by atoms with Crippen molar-refractivity contribution < 1.29 is 19.4 Å². The fraction of sp³-hybridized carbons (Fsp3) is 0.200. The van der Waals surface area contributed by atoms with Crippen LogP contribution in [-0.4, -0.2) is 10.1 Å². The summed E-state index contributed by atoms with van der Waals surface area (Å²) in [5.74, 6) is 0. The summed E-state index contributed by atoms with van der Waals surface area (Å²) < 4.78 is 1.39. The molecule has 0 aromatic heterocycles. The first-order valence-electron chi connectivity index (χ1n) is 3.84. The van der Waals surface area contributed by atoms with E-state index < -0.39 is 0 Å². The van der Waals surface area contributed by atoms with E-state index in [9.17, 15) is 0 Å². The summed E-state index contributed by atoms with van der Waals surface area (Å²) in [6, 6.07) is 8.23. The number of aliphatic imine (C=N–C) groups is 1. The van der Waals surface area contributed by atoms with Crippen LogP contribution in [0, 0.1) is 0 Å². The zero-order valence-electron chi connectivity index (χ0n) is 7.24. The molecule has 0 radical (unpaired) electrons. The van der Waals surface area contributed by atoms with Crippen LogP contribution in [0.4, 0.5) is 5.69 Å². The van der Waals surface area contributed by atoms with E-state index in [0.717, 1.165) is 5.69 Å². The molecule has 1 nitrogen and oxygen atoms in total. The minimum atomic E-state index is 1.08. The molecule has 0 N–H and O–H groups in total. The second-order valence-electron chi connectivity index (χ2n) is 2.46.